The van der Waals surface area contributed by atoms with Gasteiger partial charge in [-0.25, -0.2) is 0 Å². The van der Waals surface area contributed by atoms with Crippen LogP contribution >= 0.6 is 0 Å². The first-order valence-corrected chi connectivity index (χ1v) is 6.37. The number of anilines is 1. The molecular weight excluding hydrogens is 226 g/mol. The molecule has 0 aromatic heterocycles. The smallest absolute Gasteiger partial charge is 0.237 e. The summed E-state index contributed by atoms with van der Waals surface area (Å²) in [6.45, 7) is 5.40. The summed E-state index contributed by atoms with van der Waals surface area (Å²) < 4.78 is 0. The Hall–Kier alpha value is -1.55. The molecule has 18 heavy (non-hydrogen) atoms. The van der Waals surface area contributed by atoms with E-state index in [2.05, 4.69) is 5.32 Å². The number of likely N-dealkylation sites (N-methyl/N-ethyl adjacent to an activating group) is 1. The molecule has 100 valence electrons. The van der Waals surface area contributed by atoms with Crippen LogP contribution in [-0.2, 0) is 11.3 Å². The molecule has 0 heterocycles. The van der Waals surface area contributed by atoms with Crippen molar-refractivity contribution in [2.24, 2.45) is 0 Å². The molecule has 1 atom stereocenters. The summed E-state index contributed by atoms with van der Waals surface area (Å²) in [5, 5.41) is 2.90. The van der Waals surface area contributed by atoms with Gasteiger partial charge in [0.05, 0.1) is 6.04 Å². The monoisotopic (exact) mass is 249 g/mol. The number of nitrogens with zero attached hydrogens (tertiary/aromatic N) is 1. The third-order valence-electron chi connectivity index (χ3n) is 2.97. The van der Waals surface area contributed by atoms with Gasteiger partial charge in [0.15, 0.2) is 0 Å². The molecule has 0 aliphatic rings. The number of carbonyl (C=O) groups excluding carboxylic acids is 1. The van der Waals surface area contributed by atoms with E-state index in [4.69, 9.17) is 5.73 Å². The van der Waals surface area contributed by atoms with E-state index >= 15 is 0 Å². The second kappa shape index (κ2) is 7.01. The highest BCUT2D eigenvalue weighted by molar-refractivity contribution is 5.81. The van der Waals surface area contributed by atoms with Crippen LogP contribution in [0.15, 0.2) is 24.3 Å². The zero-order chi connectivity index (χ0) is 13.5. The molecule has 1 rings (SSSR count). The molecule has 4 nitrogen and oxygen atoms in total. The zero-order valence-corrected chi connectivity index (χ0v) is 11.4. The van der Waals surface area contributed by atoms with Crippen LogP contribution in [-0.4, -0.2) is 30.4 Å². The number of nitrogen functional groups attached to an aromatic ring is 1. The molecule has 0 bridgehead atoms. The van der Waals surface area contributed by atoms with Crippen LogP contribution in [0.3, 0.4) is 0 Å². The molecule has 0 spiro atoms. The maximum absolute atomic E-state index is 11.8. The molecular formula is C14H23N3O. The van der Waals surface area contributed by atoms with Crippen LogP contribution in [0.5, 0.6) is 0 Å². The number of carbonyl (C=O) groups is 1. The lowest BCUT2D eigenvalue weighted by Crippen LogP contribution is -2.43. The van der Waals surface area contributed by atoms with E-state index in [0.29, 0.717) is 6.54 Å². The van der Waals surface area contributed by atoms with Gasteiger partial charge in [-0.05, 0) is 38.1 Å². The predicted octanol–water partition coefficient (Wildman–Crippen LogP) is 1.62. The molecule has 3 N–H and O–H groups in total. The average molecular weight is 249 g/mol. The molecule has 1 aromatic carbocycles. The molecule has 1 amide bonds. The summed E-state index contributed by atoms with van der Waals surface area (Å²) >= 11 is 0. The van der Waals surface area contributed by atoms with Gasteiger partial charge in [-0.2, -0.15) is 0 Å². The lowest BCUT2D eigenvalue weighted by molar-refractivity contribution is -0.125. The molecule has 4 heteroatoms. The Morgan fingerprint density at radius 1 is 1.50 bits per heavy atom. The van der Waals surface area contributed by atoms with Crippen molar-refractivity contribution in [3.05, 3.63) is 29.8 Å². The summed E-state index contributed by atoms with van der Waals surface area (Å²) in [6.07, 6.45) is 0.956. The van der Waals surface area contributed by atoms with E-state index in [9.17, 15) is 4.79 Å². The van der Waals surface area contributed by atoms with Gasteiger partial charge < -0.3 is 11.1 Å². The van der Waals surface area contributed by atoms with Crippen molar-refractivity contribution in [1.82, 2.24) is 10.2 Å². The quantitative estimate of drug-likeness (QED) is 0.753. The lowest BCUT2D eigenvalue weighted by atomic mass is 10.1. The van der Waals surface area contributed by atoms with Crippen molar-refractivity contribution >= 4 is 11.6 Å². The molecule has 0 fully saturated rings. The lowest BCUT2D eigenvalue weighted by Gasteiger charge is -2.24. The summed E-state index contributed by atoms with van der Waals surface area (Å²) in [5.41, 5.74) is 7.61. The van der Waals surface area contributed by atoms with Crippen LogP contribution in [0.25, 0.3) is 0 Å². The highest BCUT2D eigenvalue weighted by atomic mass is 16.2. The molecule has 1 aromatic rings. The second-order valence-corrected chi connectivity index (χ2v) is 4.63. The van der Waals surface area contributed by atoms with Gasteiger partial charge in [0.1, 0.15) is 0 Å². The van der Waals surface area contributed by atoms with Crippen LogP contribution < -0.4 is 11.1 Å². The van der Waals surface area contributed by atoms with E-state index in [1.807, 2.05) is 50.1 Å². The molecule has 0 saturated carbocycles. The number of benzene rings is 1. The van der Waals surface area contributed by atoms with Crippen molar-refractivity contribution in [2.45, 2.75) is 32.9 Å². The first-order chi connectivity index (χ1) is 8.54. The van der Waals surface area contributed by atoms with Crippen molar-refractivity contribution in [1.29, 1.82) is 0 Å². The van der Waals surface area contributed by atoms with Crippen molar-refractivity contribution < 1.29 is 4.79 Å². The Balaban J connectivity index is 2.54. The Labute approximate surface area is 109 Å². The van der Waals surface area contributed by atoms with Gasteiger partial charge in [-0.1, -0.05) is 19.1 Å². The minimum atomic E-state index is -0.141. The Kier molecular flexibility index (Phi) is 5.65. The van der Waals surface area contributed by atoms with E-state index in [0.717, 1.165) is 24.2 Å². The maximum Gasteiger partial charge on any atom is 0.237 e. The summed E-state index contributed by atoms with van der Waals surface area (Å²) in [5.74, 6) is 0.0725. The minimum absolute atomic E-state index is 0.0725. The van der Waals surface area contributed by atoms with Gasteiger partial charge in [-0.15, -0.1) is 0 Å². The molecule has 1 unspecified atom stereocenters. The highest BCUT2D eigenvalue weighted by Gasteiger charge is 2.17. The number of hydrogen-bond acceptors (Lipinski definition) is 3. The summed E-state index contributed by atoms with van der Waals surface area (Å²) in [6, 6.07) is 7.61. The van der Waals surface area contributed by atoms with Crippen LogP contribution in [0.1, 0.15) is 25.8 Å². The molecule has 0 aliphatic carbocycles. The standard InChI is InChI=1S/C14H23N3O/c1-4-8-16-14(18)11(2)17(3)10-12-6-5-7-13(15)9-12/h5-7,9,11H,4,8,10,15H2,1-3H3,(H,16,18). The fraction of sp³-hybridized carbons (Fsp3) is 0.500. The Morgan fingerprint density at radius 2 is 2.22 bits per heavy atom. The maximum atomic E-state index is 11.8. The van der Waals surface area contributed by atoms with E-state index < -0.39 is 0 Å². The van der Waals surface area contributed by atoms with Gasteiger partial charge >= 0.3 is 0 Å². The number of amides is 1. The van der Waals surface area contributed by atoms with Crippen molar-refractivity contribution in [2.75, 3.05) is 19.3 Å². The number of hydrogen-bond donors (Lipinski definition) is 2. The van der Waals surface area contributed by atoms with E-state index in [1.165, 1.54) is 0 Å². The third-order valence-corrected chi connectivity index (χ3v) is 2.97. The first kappa shape index (κ1) is 14.5. The van der Waals surface area contributed by atoms with Crippen LogP contribution in [0, 0.1) is 0 Å². The van der Waals surface area contributed by atoms with E-state index in [1.54, 1.807) is 0 Å². The van der Waals surface area contributed by atoms with Crippen molar-refractivity contribution in [3.63, 3.8) is 0 Å². The first-order valence-electron chi connectivity index (χ1n) is 6.37. The summed E-state index contributed by atoms with van der Waals surface area (Å²) in [4.78, 5) is 13.8. The van der Waals surface area contributed by atoms with Crippen molar-refractivity contribution in [3.8, 4) is 0 Å². The fourth-order valence-corrected chi connectivity index (χ4v) is 1.71. The molecule has 0 aliphatic heterocycles. The molecule has 0 radical (unpaired) electrons. The average Bonchev–Trinajstić information content (AvgIpc) is 2.35. The number of nitrogens with two attached hydrogens (primary N) is 1. The third kappa shape index (κ3) is 4.37. The zero-order valence-electron chi connectivity index (χ0n) is 11.4. The van der Waals surface area contributed by atoms with Crippen LogP contribution in [0.4, 0.5) is 5.69 Å². The number of rotatable bonds is 6. The Bertz CT molecular complexity index is 392. The Morgan fingerprint density at radius 3 is 2.83 bits per heavy atom. The number of nitrogens with one attached hydrogen (secondary N) is 1. The second-order valence-electron chi connectivity index (χ2n) is 4.63. The fourth-order valence-electron chi connectivity index (χ4n) is 1.71. The SMILES string of the molecule is CCCNC(=O)C(C)N(C)Cc1cccc(N)c1. The van der Waals surface area contributed by atoms with Gasteiger partial charge in [0.2, 0.25) is 5.91 Å². The van der Waals surface area contributed by atoms with Gasteiger partial charge in [-0.3, -0.25) is 9.69 Å². The minimum Gasteiger partial charge on any atom is -0.399 e. The normalized spacial score (nSPS) is 12.4. The van der Waals surface area contributed by atoms with Gasteiger partial charge in [0.25, 0.3) is 0 Å². The highest BCUT2D eigenvalue weighted by Crippen LogP contribution is 2.10. The van der Waals surface area contributed by atoms with Gasteiger partial charge in [0, 0.05) is 18.8 Å². The summed E-state index contributed by atoms with van der Waals surface area (Å²) in [7, 11) is 1.94. The molecule has 0 saturated heterocycles. The largest absolute Gasteiger partial charge is 0.399 e. The predicted molar refractivity (Wildman–Crippen MR) is 75.1 cm³/mol. The topological polar surface area (TPSA) is 58.4 Å². The van der Waals surface area contributed by atoms with Crippen LogP contribution in [0.2, 0.25) is 0 Å². The van der Waals surface area contributed by atoms with E-state index in [-0.39, 0.29) is 11.9 Å².